The molecule has 0 aliphatic carbocycles. The molecule has 6 heteroatoms. The molecule has 5 nitrogen and oxygen atoms in total. The fourth-order valence-corrected chi connectivity index (χ4v) is 3.64. The van der Waals surface area contributed by atoms with Crippen molar-refractivity contribution in [2.24, 2.45) is 0 Å². The molecule has 106 valence electrons. The Balaban J connectivity index is 2.00. The molecule has 0 bridgehead atoms. The SMILES string of the molecule is COc1ccccc1CNS(=O)(=O)C1CCCNC1. The van der Waals surface area contributed by atoms with Gasteiger partial charge in [-0.1, -0.05) is 18.2 Å². The summed E-state index contributed by atoms with van der Waals surface area (Å²) in [6.45, 7) is 1.70. The molecule has 1 aliphatic rings. The summed E-state index contributed by atoms with van der Waals surface area (Å²) >= 11 is 0. The molecule has 0 spiro atoms. The highest BCUT2D eigenvalue weighted by atomic mass is 32.2. The van der Waals surface area contributed by atoms with Gasteiger partial charge in [0.15, 0.2) is 0 Å². The van der Waals surface area contributed by atoms with E-state index in [1.54, 1.807) is 7.11 Å². The Bertz CT molecular complexity index is 510. The van der Waals surface area contributed by atoms with Crippen LogP contribution >= 0.6 is 0 Å². The normalized spacial score (nSPS) is 20.2. The maximum absolute atomic E-state index is 12.2. The van der Waals surface area contributed by atoms with Gasteiger partial charge in [-0.15, -0.1) is 0 Å². The van der Waals surface area contributed by atoms with Crippen LogP contribution in [0.1, 0.15) is 18.4 Å². The van der Waals surface area contributed by atoms with E-state index in [9.17, 15) is 8.42 Å². The lowest BCUT2D eigenvalue weighted by molar-refractivity contribution is 0.409. The van der Waals surface area contributed by atoms with E-state index >= 15 is 0 Å². The van der Waals surface area contributed by atoms with E-state index in [1.807, 2.05) is 24.3 Å². The summed E-state index contributed by atoms with van der Waals surface area (Å²) in [5.74, 6) is 0.701. The van der Waals surface area contributed by atoms with Crippen molar-refractivity contribution in [3.05, 3.63) is 29.8 Å². The van der Waals surface area contributed by atoms with Gasteiger partial charge in [0.1, 0.15) is 5.75 Å². The second-order valence-corrected chi connectivity index (χ2v) is 6.69. The number of para-hydroxylation sites is 1. The molecule has 0 aromatic heterocycles. The number of sulfonamides is 1. The second kappa shape index (κ2) is 6.36. The molecule has 1 atom stereocenters. The minimum absolute atomic E-state index is 0.267. The van der Waals surface area contributed by atoms with Gasteiger partial charge in [-0.2, -0.15) is 0 Å². The first-order valence-electron chi connectivity index (χ1n) is 6.44. The summed E-state index contributed by atoms with van der Waals surface area (Å²) in [6, 6.07) is 7.42. The van der Waals surface area contributed by atoms with Crippen molar-refractivity contribution in [1.29, 1.82) is 0 Å². The van der Waals surface area contributed by atoms with Gasteiger partial charge < -0.3 is 10.1 Å². The molecule has 0 amide bonds. The highest BCUT2D eigenvalue weighted by Gasteiger charge is 2.26. The van der Waals surface area contributed by atoms with Gasteiger partial charge >= 0.3 is 0 Å². The molecule has 19 heavy (non-hydrogen) atoms. The number of benzene rings is 1. The molecule has 1 saturated heterocycles. The van der Waals surface area contributed by atoms with Crippen LogP contribution in [0.2, 0.25) is 0 Å². The van der Waals surface area contributed by atoms with Gasteiger partial charge in [0.25, 0.3) is 0 Å². The third-order valence-electron chi connectivity index (χ3n) is 3.35. The third-order valence-corrected chi connectivity index (χ3v) is 5.17. The number of hydrogen-bond donors (Lipinski definition) is 2. The fraction of sp³-hybridized carbons (Fsp3) is 0.538. The van der Waals surface area contributed by atoms with Crippen molar-refractivity contribution in [2.75, 3.05) is 20.2 Å². The van der Waals surface area contributed by atoms with Crippen LogP contribution in [0.4, 0.5) is 0 Å². The highest BCUT2D eigenvalue weighted by Crippen LogP contribution is 2.18. The topological polar surface area (TPSA) is 67.4 Å². The summed E-state index contributed by atoms with van der Waals surface area (Å²) in [5, 5.41) is 2.78. The van der Waals surface area contributed by atoms with E-state index in [4.69, 9.17) is 4.74 Å². The zero-order valence-electron chi connectivity index (χ0n) is 11.1. The zero-order chi connectivity index (χ0) is 13.7. The first-order valence-corrected chi connectivity index (χ1v) is 7.99. The standard InChI is InChI=1S/C13H20N2O3S/c1-18-13-7-3-2-5-11(13)9-15-19(16,17)12-6-4-8-14-10-12/h2-3,5,7,12,14-15H,4,6,8-10H2,1H3. The summed E-state index contributed by atoms with van der Waals surface area (Å²) in [6.07, 6.45) is 1.62. The largest absolute Gasteiger partial charge is 0.496 e. The van der Waals surface area contributed by atoms with Gasteiger partial charge in [0, 0.05) is 18.7 Å². The zero-order valence-corrected chi connectivity index (χ0v) is 11.9. The average molecular weight is 284 g/mol. The molecule has 1 aromatic rings. The molecular formula is C13H20N2O3S. The molecule has 1 heterocycles. The van der Waals surface area contributed by atoms with E-state index in [-0.39, 0.29) is 11.8 Å². The van der Waals surface area contributed by atoms with Crippen molar-refractivity contribution < 1.29 is 13.2 Å². The Kier molecular flexibility index (Phi) is 4.79. The van der Waals surface area contributed by atoms with Crippen molar-refractivity contribution in [3.63, 3.8) is 0 Å². The number of methoxy groups -OCH3 is 1. The number of rotatable bonds is 5. The van der Waals surface area contributed by atoms with Crippen molar-refractivity contribution in [1.82, 2.24) is 10.0 Å². The quantitative estimate of drug-likeness (QED) is 0.842. The number of nitrogens with one attached hydrogen (secondary N) is 2. The predicted molar refractivity (Wildman–Crippen MR) is 74.6 cm³/mol. The van der Waals surface area contributed by atoms with E-state index < -0.39 is 10.0 Å². The minimum Gasteiger partial charge on any atom is -0.496 e. The molecule has 0 radical (unpaired) electrons. The monoisotopic (exact) mass is 284 g/mol. The van der Waals surface area contributed by atoms with Crippen LogP contribution in [0, 0.1) is 0 Å². The Morgan fingerprint density at radius 3 is 2.89 bits per heavy atom. The molecule has 1 aliphatic heterocycles. The van der Waals surface area contributed by atoms with Gasteiger partial charge in [-0.05, 0) is 25.5 Å². The number of hydrogen-bond acceptors (Lipinski definition) is 4. The predicted octanol–water partition coefficient (Wildman–Crippen LogP) is 0.867. The van der Waals surface area contributed by atoms with Crippen LogP contribution in [-0.2, 0) is 16.6 Å². The lowest BCUT2D eigenvalue weighted by Crippen LogP contribution is -2.44. The van der Waals surface area contributed by atoms with Gasteiger partial charge in [0.2, 0.25) is 10.0 Å². The van der Waals surface area contributed by atoms with E-state index in [0.29, 0.717) is 18.7 Å². The molecule has 2 rings (SSSR count). The first-order chi connectivity index (χ1) is 9.13. The Morgan fingerprint density at radius 2 is 2.21 bits per heavy atom. The maximum Gasteiger partial charge on any atom is 0.216 e. The highest BCUT2D eigenvalue weighted by molar-refractivity contribution is 7.90. The smallest absolute Gasteiger partial charge is 0.216 e. The lowest BCUT2D eigenvalue weighted by Gasteiger charge is -2.23. The molecule has 1 aromatic carbocycles. The molecule has 2 N–H and O–H groups in total. The third kappa shape index (κ3) is 3.68. The van der Waals surface area contributed by atoms with E-state index in [1.165, 1.54) is 0 Å². The molecule has 1 fully saturated rings. The fourth-order valence-electron chi connectivity index (χ4n) is 2.23. The minimum atomic E-state index is -3.27. The lowest BCUT2D eigenvalue weighted by atomic mass is 10.2. The van der Waals surface area contributed by atoms with Crippen LogP contribution in [0.5, 0.6) is 5.75 Å². The van der Waals surface area contributed by atoms with Crippen LogP contribution in [-0.4, -0.2) is 33.9 Å². The van der Waals surface area contributed by atoms with Gasteiger partial charge in [0.05, 0.1) is 12.4 Å². The van der Waals surface area contributed by atoms with Crippen LogP contribution in [0.15, 0.2) is 24.3 Å². The van der Waals surface area contributed by atoms with E-state index in [0.717, 1.165) is 18.5 Å². The Hall–Kier alpha value is -1.11. The van der Waals surface area contributed by atoms with Gasteiger partial charge in [-0.3, -0.25) is 0 Å². The molecule has 1 unspecified atom stereocenters. The molecular weight excluding hydrogens is 264 g/mol. The second-order valence-electron chi connectivity index (χ2n) is 4.65. The maximum atomic E-state index is 12.2. The summed E-state index contributed by atoms with van der Waals surface area (Å²) in [4.78, 5) is 0. The summed E-state index contributed by atoms with van der Waals surface area (Å²) < 4.78 is 32.2. The van der Waals surface area contributed by atoms with Gasteiger partial charge in [-0.25, -0.2) is 13.1 Å². The summed E-state index contributed by atoms with van der Waals surface area (Å²) in [5.41, 5.74) is 0.845. The molecule has 0 saturated carbocycles. The van der Waals surface area contributed by atoms with Crippen molar-refractivity contribution >= 4 is 10.0 Å². The Morgan fingerprint density at radius 1 is 1.42 bits per heavy atom. The van der Waals surface area contributed by atoms with Crippen molar-refractivity contribution in [2.45, 2.75) is 24.6 Å². The number of ether oxygens (including phenoxy) is 1. The van der Waals surface area contributed by atoms with Crippen molar-refractivity contribution in [3.8, 4) is 5.75 Å². The number of piperidine rings is 1. The average Bonchev–Trinajstić information content (AvgIpc) is 2.46. The van der Waals surface area contributed by atoms with E-state index in [2.05, 4.69) is 10.0 Å². The first kappa shape index (κ1) is 14.3. The van der Waals surface area contributed by atoms with Crippen LogP contribution in [0.25, 0.3) is 0 Å². The van der Waals surface area contributed by atoms with Crippen LogP contribution in [0.3, 0.4) is 0 Å². The summed E-state index contributed by atoms with van der Waals surface area (Å²) in [7, 11) is -1.69. The van der Waals surface area contributed by atoms with Crippen LogP contribution < -0.4 is 14.8 Å². The Labute approximate surface area is 114 Å².